The van der Waals surface area contributed by atoms with Gasteiger partial charge in [-0.15, -0.1) is 4.91 Å². The van der Waals surface area contributed by atoms with Crippen LogP contribution in [0.15, 0.2) is 77.3 Å². The summed E-state index contributed by atoms with van der Waals surface area (Å²) in [4.78, 5) is 14.6. The molecule has 0 saturated carbocycles. The van der Waals surface area contributed by atoms with Crippen LogP contribution in [0, 0.1) is 4.91 Å². The minimum Gasteiger partial charge on any atom is -0.263 e. The van der Waals surface area contributed by atoms with Gasteiger partial charge in [0.2, 0.25) is 0 Å². The van der Waals surface area contributed by atoms with Crippen LogP contribution in [0.4, 0.5) is 0 Å². The molecule has 2 aromatic heterocycles. The van der Waals surface area contributed by atoms with Crippen molar-refractivity contribution in [3.63, 3.8) is 0 Å². The van der Waals surface area contributed by atoms with E-state index in [2.05, 4.69) is 10.3 Å². The lowest BCUT2D eigenvalue weighted by Crippen LogP contribution is -2.14. The van der Waals surface area contributed by atoms with E-state index in [1.54, 1.807) is 12.1 Å². The Kier molecular flexibility index (Phi) is 4.62. The Morgan fingerprint density at radius 2 is 1.92 bits per heavy atom. The molecule has 7 nitrogen and oxygen atoms in total. The quantitative estimate of drug-likeness (QED) is 0.501. The van der Waals surface area contributed by atoms with E-state index >= 15 is 0 Å². The number of benzene rings is 1. The molecule has 0 aliphatic heterocycles. The standard InChI is InChI=1S/C17H16N4O3S/c1-20(19-22)12-14-10-17(15-6-3-2-4-7-15)21(13-14)25(23,24)16-8-5-9-18-11-16/h2-11,13H,12H2,1H3. The van der Waals surface area contributed by atoms with E-state index in [9.17, 15) is 13.3 Å². The molecule has 0 radical (unpaired) electrons. The molecule has 0 aliphatic rings. The van der Waals surface area contributed by atoms with Crippen LogP contribution in [-0.2, 0) is 16.6 Å². The average Bonchev–Trinajstić information content (AvgIpc) is 3.07. The largest absolute Gasteiger partial charge is 0.269 e. The van der Waals surface area contributed by atoms with Gasteiger partial charge >= 0.3 is 0 Å². The lowest BCUT2D eigenvalue weighted by atomic mass is 10.1. The van der Waals surface area contributed by atoms with Crippen molar-refractivity contribution in [2.45, 2.75) is 11.4 Å². The van der Waals surface area contributed by atoms with E-state index in [1.807, 2.05) is 30.3 Å². The molecule has 3 rings (SSSR count). The second-order valence-electron chi connectivity index (χ2n) is 5.49. The van der Waals surface area contributed by atoms with E-state index in [4.69, 9.17) is 0 Å². The Labute approximate surface area is 145 Å². The highest BCUT2D eigenvalue weighted by atomic mass is 32.2. The number of rotatable bonds is 6. The summed E-state index contributed by atoms with van der Waals surface area (Å²) in [5, 5.41) is 4.03. The van der Waals surface area contributed by atoms with Crippen molar-refractivity contribution in [2.75, 3.05) is 7.05 Å². The van der Waals surface area contributed by atoms with Gasteiger partial charge in [0.05, 0.1) is 17.5 Å². The number of hydrogen-bond acceptors (Lipinski definition) is 5. The molecule has 0 unspecified atom stereocenters. The summed E-state index contributed by atoms with van der Waals surface area (Å²) in [5.74, 6) is 0. The van der Waals surface area contributed by atoms with Gasteiger partial charge in [0.25, 0.3) is 10.0 Å². The highest BCUT2D eigenvalue weighted by Gasteiger charge is 2.22. The molecule has 25 heavy (non-hydrogen) atoms. The summed E-state index contributed by atoms with van der Waals surface area (Å²) < 4.78 is 27.3. The average molecular weight is 356 g/mol. The summed E-state index contributed by atoms with van der Waals surface area (Å²) in [7, 11) is -2.28. The molecule has 0 fully saturated rings. The van der Waals surface area contributed by atoms with Crippen molar-refractivity contribution >= 4 is 10.0 Å². The second kappa shape index (κ2) is 6.86. The number of nitroso groups, excluding NO2 is 1. The van der Waals surface area contributed by atoms with Crippen LogP contribution in [-0.4, -0.2) is 29.4 Å². The fourth-order valence-electron chi connectivity index (χ4n) is 2.51. The normalized spacial score (nSPS) is 11.2. The van der Waals surface area contributed by atoms with Crippen LogP contribution in [0.3, 0.4) is 0 Å². The number of pyridine rings is 1. The zero-order valence-electron chi connectivity index (χ0n) is 13.5. The summed E-state index contributed by atoms with van der Waals surface area (Å²) in [6, 6.07) is 14.0. The van der Waals surface area contributed by atoms with E-state index in [-0.39, 0.29) is 11.4 Å². The van der Waals surface area contributed by atoms with Crippen LogP contribution in [0.2, 0.25) is 0 Å². The van der Waals surface area contributed by atoms with Gasteiger partial charge in [-0.2, -0.15) is 0 Å². The van der Waals surface area contributed by atoms with Crippen molar-refractivity contribution in [3.8, 4) is 11.3 Å². The molecular formula is C17H16N4O3S. The molecule has 0 amide bonds. The highest BCUT2D eigenvalue weighted by molar-refractivity contribution is 7.90. The number of hydrogen-bond donors (Lipinski definition) is 0. The first kappa shape index (κ1) is 16.8. The van der Waals surface area contributed by atoms with E-state index in [0.717, 1.165) is 5.56 Å². The smallest absolute Gasteiger partial charge is 0.263 e. The Balaban J connectivity index is 2.16. The summed E-state index contributed by atoms with van der Waals surface area (Å²) >= 11 is 0. The molecule has 2 heterocycles. The molecule has 1 aromatic carbocycles. The van der Waals surface area contributed by atoms with Crippen LogP contribution in [0.1, 0.15) is 5.56 Å². The molecule has 0 bridgehead atoms. The molecule has 8 heteroatoms. The topological polar surface area (TPSA) is 84.6 Å². The molecule has 3 aromatic rings. The maximum absolute atomic E-state index is 13.0. The van der Waals surface area contributed by atoms with Gasteiger partial charge in [0.15, 0.2) is 0 Å². The van der Waals surface area contributed by atoms with Crippen molar-refractivity contribution in [2.24, 2.45) is 5.29 Å². The lowest BCUT2D eigenvalue weighted by molar-refractivity contribution is 0.342. The fraction of sp³-hybridized carbons (Fsp3) is 0.118. The molecule has 0 atom stereocenters. The van der Waals surface area contributed by atoms with Gasteiger partial charge in [-0.1, -0.05) is 30.3 Å². The van der Waals surface area contributed by atoms with Crippen LogP contribution < -0.4 is 0 Å². The Morgan fingerprint density at radius 1 is 1.16 bits per heavy atom. The minimum absolute atomic E-state index is 0.0937. The number of aromatic nitrogens is 2. The van der Waals surface area contributed by atoms with Gasteiger partial charge < -0.3 is 0 Å². The number of nitrogens with zero attached hydrogens (tertiary/aromatic N) is 4. The summed E-state index contributed by atoms with van der Waals surface area (Å²) in [6.07, 6.45) is 4.33. The van der Waals surface area contributed by atoms with E-state index < -0.39 is 10.0 Å². The van der Waals surface area contributed by atoms with Gasteiger partial charge in [-0.25, -0.2) is 12.4 Å². The van der Waals surface area contributed by atoms with Gasteiger partial charge in [-0.3, -0.25) is 9.99 Å². The first-order valence-corrected chi connectivity index (χ1v) is 8.93. The Morgan fingerprint density at radius 3 is 2.56 bits per heavy atom. The van der Waals surface area contributed by atoms with E-state index in [1.165, 1.54) is 40.7 Å². The molecule has 0 saturated heterocycles. The molecule has 128 valence electrons. The fourth-order valence-corrected chi connectivity index (χ4v) is 3.87. The van der Waals surface area contributed by atoms with Crippen molar-refractivity contribution in [1.29, 1.82) is 0 Å². The predicted molar refractivity (Wildman–Crippen MR) is 94.0 cm³/mol. The first-order chi connectivity index (χ1) is 12.0. The third-order valence-corrected chi connectivity index (χ3v) is 5.31. The molecule has 0 N–H and O–H groups in total. The van der Waals surface area contributed by atoms with Crippen LogP contribution in [0.5, 0.6) is 0 Å². The highest BCUT2D eigenvalue weighted by Crippen LogP contribution is 2.27. The lowest BCUT2D eigenvalue weighted by Gasteiger charge is -2.10. The van der Waals surface area contributed by atoms with Gasteiger partial charge in [0.1, 0.15) is 4.90 Å². The van der Waals surface area contributed by atoms with Crippen molar-refractivity contribution in [3.05, 3.63) is 77.6 Å². The third kappa shape index (κ3) is 3.43. The molecule has 0 spiro atoms. The Bertz CT molecular complexity index is 970. The zero-order valence-corrected chi connectivity index (χ0v) is 14.3. The Hall–Kier alpha value is -3.00. The SMILES string of the molecule is CN(Cc1cc(-c2ccccc2)n(S(=O)(=O)c2cccnc2)c1)N=O. The maximum Gasteiger partial charge on any atom is 0.269 e. The first-order valence-electron chi connectivity index (χ1n) is 7.49. The van der Waals surface area contributed by atoms with E-state index in [0.29, 0.717) is 11.3 Å². The molecule has 0 aliphatic carbocycles. The second-order valence-corrected chi connectivity index (χ2v) is 7.30. The predicted octanol–water partition coefficient (Wildman–Crippen LogP) is 2.90. The van der Waals surface area contributed by atoms with Crippen LogP contribution in [0.25, 0.3) is 11.3 Å². The van der Waals surface area contributed by atoms with Crippen molar-refractivity contribution in [1.82, 2.24) is 14.0 Å². The maximum atomic E-state index is 13.0. The van der Waals surface area contributed by atoms with Crippen molar-refractivity contribution < 1.29 is 8.42 Å². The summed E-state index contributed by atoms with van der Waals surface area (Å²) in [6.45, 7) is 0.207. The zero-order chi connectivity index (χ0) is 17.9. The molecular weight excluding hydrogens is 340 g/mol. The summed E-state index contributed by atoms with van der Waals surface area (Å²) in [5.41, 5.74) is 1.93. The van der Waals surface area contributed by atoms with Gasteiger partial charge in [-0.05, 0) is 29.3 Å². The monoisotopic (exact) mass is 356 g/mol. The van der Waals surface area contributed by atoms with Gasteiger partial charge in [0, 0.05) is 25.6 Å². The minimum atomic E-state index is -3.81. The third-order valence-electron chi connectivity index (χ3n) is 3.65. The van der Waals surface area contributed by atoms with Crippen LogP contribution >= 0.6 is 0 Å².